The Morgan fingerprint density at radius 3 is 2.65 bits per heavy atom. The largest absolute Gasteiger partial charge is 0.383 e. The standard InChI is InChI=1S/C15H19N7O/c1-22(2)8-10-6-11(13(17)20-12(10)16)14(18)21-15(23)9-4-3-5-19-7-9/h3-7H,8H2,1-2H3,(H4,16,17,20)(H2,18,21,23). The zero-order valence-electron chi connectivity index (χ0n) is 13.0. The number of nitrogen functional groups attached to an aromatic ring is 2. The first-order valence-corrected chi connectivity index (χ1v) is 6.87. The van der Waals surface area contributed by atoms with E-state index in [9.17, 15) is 4.79 Å². The number of aromatic nitrogens is 2. The van der Waals surface area contributed by atoms with Crippen molar-refractivity contribution in [2.75, 3.05) is 25.6 Å². The Morgan fingerprint density at radius 2 is 2.04 bits per heavy atom. The maximum atomic E-state index is 12.1. The lowest BCUT2D eigenvalue weighted by molar-refractivity contribution is 0.100. The number of nitrogens with zero attached hydrogens (tertiary/aromatic N) is 4. The van der Waals surface area contributed by atoms with E-state index in [2.05, 4.69) is 15.0 Å². The van der Waals surface area contributed by atoms with E-state index in [0.717, 1.165) is 5.56 Å². The van der Waals surface area contributed by atoms with Gasteiger partial charge in [-0.2, -0.15) is 4.99 Å². The number of amides is 1. The summed E-state index contributed by atoms with van der Waals surface area (Å²) < 4.78 is 0. The highest BCUT2D eigenvalue weighted by Crippen LogP contribution is 2.18. The average molecular weight is 313 g/mol. The monoisotopic (exact) mass is 313 g/mol. The SMILES string of the molecule is CN(C)Cc1cc(C(N)=NC(=O)c2cccnc2)c(N)nc1N. The highest BCUT2D eigenvalue weighted by Gasteiger charge is 2.13. The van der Waals surface area contributed by atoms with Crippen LogP contribution >= 0.6 is 0 Å². The molecule has 0 saturated heterocycles. The van der Waals surface area contributed by atoms with Gasteiger partial charge in [-0.15, -0.1) is 0 Å². The van der Waals surface area contributed by atoms with E-state index < -0.39 is 5.91 Å². The molecule has 2 heterocycles. The second-order valence-electron chi connectivity index (χ2n) is 5.25. The van der Waals surface area contributed by atoms with Crippen LogP contribution in [0.3, 0.4) is 0 Å². The van der Waals surface area contributed by atoms with Gasteiger partial charge in [0.15, 0.2) is 0 Å². The van der Waals surface area contributed by atoms with Gasteiger partial charge < -0.3 is 22.1 Å². The number of hydrogen-bond acceptors (Lipinski definition) is 6. The summed E-state index contributed by atoms with van der Waals surface area (Å²) in [6.45, 7) is 0.565. The number of carbonyl (C=O) groups excluding carboxylic acids is 1. The van der Waals surface area contributed by atoms with Crippen LogP contribution < -0.4 is 17.2 Å². The molecule has 8 nitrogen and oxygen atoms in total. The summed E-state index contributed by atoms with van der Waals surface area (Å²) in [6.07, 6.45) is 2.99. The molecule has 1 amide bonds. The van der Waals surface area contributed by atoms with E-state index in [1.165, 1.54) is 6.20 Å². The smallest absolute Gasteiger partial charge is 0.280 e. The number of amidine groups is 1. The average Bonchev–Trinajstić information content (AvgIpc) is 2.50. The molecule has 0 spiro atoms. The van der Waals surface area contributed by atoms with Crippen LogP contribution in [-0.2, 0) is 6.54 Å². The molecule has 0 fully saturated rings. The predicted molar refractivity (Wildman–Crippen MR) is 89.7 cm³/mol. The summed E-state index contributed by atoms with van der Waals surface area (Å²) in [5.74, 6) is -0.0542. The zero-order chi connectivity index (χ0) is 17.0. The first kappa shape index (κ1) is 16.4. The van der Waals surface area contributed by atoms with Crippen LogP contribution in [-0.4, -0.2) is 40.7 Å². The van der Waals surface area contributed by atoms with Gasteiger partial charge in [0.1, 0.15) is 17.5 Å². The van der Waals surface area contributed by atoms with Gasteiger partial charge in [0.2, 0.25) is 0 Å². The van der Waals surface area contributed by atoms with Crippen molar-refractivity contribution in [3.8, 4) is 0 Å². The molecule has 0 aliphatic heterocycles. The first-order valence-electron chi connectivity index (χ1n) is 6.87. The molecule has 2 aromatic heterocycles. The van der Waals surface area contributed by atoms with Crippen molar-refractivity contribution in [3.05, 3.63) is 47.3 Å². The van der Waals surface area contributed by atoms with Gasteiger partial charge in [0.25, 0.3) is 5.91 Å². The van der Waals surface area contributed by atoms with E-state index in [0.29, 0.717) is 23.5 Å². The van der Waals surface area contributed by atoms with Crippen LogP contribution in [0.5, 0.6) is 0 Å². The van der Waals surface area contributed by atoms with Crippen LogP contribution in [0.25, 0.3) is 0 Å². The molecule has 120 valence electrons. The minimum Gasteiger partial charge on any atom is -0.383 e. The molecule has 0 saturated carbocycles. The Hall–Kier alpha value is -3.00. The fourth-order valence-corrected chi connectivity index (χ4v) is 1.98. The lowest BCUT2D eigenvalue weighted by Gasteiger charge is -2.14. The Labute approximate surface area is 134 Å². The van der Waals surface area contributed by atoms with Gasteiger partial charge in [-0.25, -0.2) is 4.98 Å². The third-order valence-electron chi connectivity index (χ3n) is 3.06. The van der Waals surface area contributed by atoms with Crippen LogP contribution in [0.2, 0.25) is 0 Å². The van der Waals surface area contributed by atoms with Crippen molar-refractivity contribution in [1.29, 1.82) is 0 Å². The van der Waals surface area contributed by atoms with Gasteiger partial charge >= 0.3 is 0 Å². The van der Waals surface area contributed by atoms with E-state index in [1.54, 1.807) is 24.4 Å². The molecule has 8 heteroatoms. The number of pyridine rings is 2. The molecule has 0 unspecified atom stereocenters. The molecule has 2 aromatic rings. The summed E-state index contributed by atoms with van der Waals surface area (Å²) >= 11 is 0. The number of nitrogens with two attached hydrogens (primary N) is 3. The summed E-state index contributed by atoms with van der Waals surface area (Å²) in [4.78, 5) is 25.8. The molecule has 0 aliphatic rings. The molecular formula is C15H19N7O. The molecule has 0 bridgehead atoms. The molecule has 0 aromatic carbocycles. The van der Waals surface area contributed by atoms with E-state index in [4.69, 9.17) is 17.2 Å². The number of carbonyl (C=O) groups is 1. The van der Waals surface area contributed by atoms with Gasteiger partial charge in [0, 0.05) is 24.5 Å². The fourth-order valence-electron chi connectivity index (χ4n) is 1.98. The maximum absolute atomic E-state index is 12.1. The Morgan fingerprint density at radius 1 is 1.30 bits per heavy atom. The highest BCUT2D eigenvalue weighted by molar-refractivity contribution is 6.10. The van der Waals surface area contributed by atoms with Crippen molar-refractivity contribution in [1.82, 2.24) is 14.9 Å². The Bertz CT molecular complexity index is 741. The van der Waals surface area contributed by atoms with E-state index >= 15 is 0 Å². The molecule has 2 rings (SSSR count). The molecule has 23 heavy (non-hydrogen) atoms. The number of rotatable bonds is 4. The quantitative estimate of drug-likeness (QED) is 0.543. The normalized spacial score (nSPS) is 11.7. The summed E-state index contributed by atoms with van der Waals surface area (Å²) in [5.41, 5.74) is 19.1. The number of anilines is 2. The number of hydrogen-bond donors (Lipinski definition) is 3. The molecular weight excluding hydrogens is 294 g/mol. The predicted octanol–water partition coefficient (Wildman–Crippen LogP) is 0.248. The Kier molecular flexibility index (Phi) is 4.87. The van der Waals surface area contributed by atoms with Crippen LogP contribution in [0.4, 0.5) is 11.6 Å². The second kappa shape index (κ2) is 6.84. The minimum atomic E-state index is -0.499. The molecule has 6 N–H and O–H groups in total. The topological polar surface area (TPSA) is 137 Å². The second-order valence-corrected chi connectivity index (χ2v) is 5.25. The van der Waals surface area contributed by atoms with Crippen molar-refractivity contribution in [2.24, 2.45) is 10.7 Å². The minimum absolute atomic E-state index is 0.0103. The van der Waals surface area contributed by atoms with Gasteiger partial charge in [-0.05, 0) is 32.3 Å². The highest BCUT2D eigenvalue weighted by atomic mass is 16.1. The van der Waals surface area contributed by atoms with E-state index in [-0.39, 0.29) is 11.7 Å². The van der Waals surface area contributed by atoms with Gasteiger partial charge in [0.05, 0.1) is 11.1 Å². The van der Waals surface area contributed by atoms with Crippen molar-refractivity contribution in [3.63, 3.8) is 0 Å². The van der Waals surface area contributed by atoms with Crippen molar-refractivity contribution in [2.45, 2.75) is 6.54 Å². The van der Waals surface area contributed by atoms with Crippen LogP contribution in [0.15, 0.2) is 35.6 Å². The third-order valence-corrected chi connectivity index (χ3v) is 3.06. The summed E-state index contributed by atoms with van der Waals surface area (Å²) in [7, 11) is 3.80. The number of aliphatic imine (C=N–C) groups is 1. The summed E-state index contributed by atoms with van der Waals surface area (Å²) in [6, 6.07) is 4.95. The lowest BCUT2D eigenvalue weighted by Crippen LogP contribution is -2.21. The van der Waals surface area contributed by atoms with Crippen LogP contribution in [0.1, 0.15) is 21.5 Å². The van der Waals surface area contributed by atoms with Crippen LogP contribution in [0, 0.1) is 0 Å². The van der Waals surface area contributed by atoms with Gasteiger partial charge in [-0.3, -0.25) is 9.78 Å². The van der Waals surface area contributed by atoms with Crippen molar-refractivity contribution >= 4 is 23.4 Å². The van der Waals surface area contributed by atoms with E-state index in [1.807, 2.05) is 19.0 Å². The van der Waals surface area contributed by atoms with Gasteiger partial charge in [-0.1, -0.05) is 0 Å². The molecule has 0 aliphatic carbocycles. The maximum Gasteiger partial charge on any atom is 0.280 e. The first-order chi connectivity index (χ1) is 10.9. The molecule has 0 atom stereocenters. The Balaban J connectivity index is 2.36. The lowest BCUT2D eigenvalue weighted by atomic mass is 10.1. The molecule has 0 radical (unpaired) electrons. The summed E-state index contributed by atoms with van der Waals surface area (Å²) in [5, 5.41) is 0. The van der Waals surface area contributed by atoms with Crippen molar-refractivity contribution < 1.29 is 4.79 Å². The fraction of sp³-hybridized carbons (Fsp3) is 0.200. The third kappa shape index (κ3) is 4.01. The zero-order valence-corrected chi connectivity index (χ0v) is 13.0.